The number of methoxy groups -OCH3 is 1. The Kier molecular flexibility index (Phi) is 5.80. The Labute approximate surface area is 137 Å². The first kappa shape index (κ1) is 17.4. The zero-order valence-corrected chi connectivity index (χ0v) is 13.0. The molecule has 2 rings (SSSR count). The fourth-order valence-corrected chi connectivity index (χ4v) is 1.99. The van der Waals surface area contributed by atoms with Crippen LogP contribution < -0.4 is 10.9 Å². The summed E-state index contributed by atoms with van der Waals surface area (Å²) in [7, 11) is 1.24. The summed E-state index contributed by atoms with van der Waals surface area (Å²) >= 11 is 0. The summed E-state index contributed by atoms with van der Waals surface area (Å²) in [5.41, 5.74) is 0.552. The minimum atomic E-state index is -1.18. The summed E-state index contributed by atoms with van der Waals surface area (Å²) in [6.45, 7) is 0.0285. The molecule has 126 valence electrons. The molecule has 0 aliphatic heterocycles. The average molecular weight is 331 g/mol. The van der Waals surface area contributed by atoms with Crippen LogP contribution in [0.3, 0.4) is 0 Å². The van der Waals surface area contributed by atoms with E-state index < -0.39 is 18.0 Å². The highest BCUT2D eigenvalue weighted by molar-refractivity contribution is 5.92. The molecule has 0 saturated heterocycles. The number of aromatic nitrogens is 2. The van der Waals surface area contributed by atoms with Crippen LogP contribution in [0.5, 0.6) is 0 Å². The summed E-state index contributed by atoms with van der Waals surface area (Å²) in [5.74, 6) is -1.76. The third-order valence-electron chi connectivity index (χ3n) is 3.28. The number of hydrogen-bond donors (Lipinski definition) is 2. The van der Waals surface area contributed by atoms with E-state index >= 15 is 0 Å². The number of carboxylic acids is 1. The minimum absolute atomic E-state index is 0.0192. The number of rotatable bonds is 7. The van der Waals surface area contributed by atoms with Gasteiger partial charge >= 0.3 is 5.97 Å². The van der Waals surface area contributed by atoms with Gasteiger partial charge in [0.05, 0.1) is 13.1 Å². The molecule has 0 saturated carbocycles. The second-order valence-electron chi connectivity index (χ2n) is 4.97. The van der Waals surface area contributed by atoms with Crippen molar-refractivity contribution in [1.29, 1.82) is 0 Å². The highest BCUT2D eigenvalue weighted by Crippen LogP contribution is 2.00. The number of aliphatic carboxylic acids is 1. The van der Waals surface area contributed by atoms with Crippen LogP contribution in [0.25, 0.3) is 0 Å². The van der Waals surface area contributed by atoms with Crippen molar-refractivity contribution in [3.63, 3.8) is 0 Å². The third kappa shape index (κ3) is 4.50. The lowest BCUT2D eigenvalue weighted by Crippen LogP contribution is -2.38. The molecule has 0 fully saturated rings. The Morgan fingerprint density at radius 1 is 1.25 bits per heavy atom. The quantitative estimate of drug-likeness (QED) is 0.746. The number of benzene rings is 1. The summed E-state index contributed by atoms with van der Waals surface area (Å²) < 4.78 is 5.91. The highest BCUT2D eigenvalue weighted by Gasteiger charge is 2.18. The molecule has 0 aliphatic carbocycles. The van der Waals surface area contributed by atoms with Crippen molar-refractivity contribution in [1.82, 2.24) is 15.1 Å². The van der Waals surface area contributed by atoms with Gasteiger partial charge in [0.25, 0.3) is 11.5 Å². The molecule has 0 aliphatic rings. The maximum atomic E-state index is 12.1. The first-order valence-corrected chi connectivity index (χ1v) is 7.17. The number of hydrogen-bond acceptors (Lipinski definition) is 5. The van der Waals surface area contributed by atoms with Gasteiger partial charge in [0.15, 0.2) is 6.10 Å². The van der Waals surface area contributed by atoms with Gasteiger partial charge in [-0.25, -0.2) is 9.48 Å². The van der Waals surface area contributed by atoms with E-state index in [0.717, 1.165) is 5.56 Å². The van der Waals surface area contributed by atoms with Crippen LogP contribution in [0.2, 0.25) is 0 Å². The van der Waals surface area contributed by atoms with Crippen molar-refractivity contribution < 1.29 is 19.4 Å². The van der Waals surface area contributed by atoms with Gasteiger partial charge in [-0.2, -0.15) is 5.10 Å². The zero-order chi connectivity index (χ0) is 17.5. The molecule has 1 atom stereocenters. The van der Waals surface area contributed by atoms with Gasteiger partial charge < -0.3 is 15.2 Å². The van der Waals surface area contributed by atoms with Gasteiger partial charge in [-0.3, -0.25) is 9.59 Å². The smallest absolute Gasteiger partial charge is 0.334 e. The number of carbonyl (C=O) groups is 2. The summed E-state index contributed by atoms with van der Waals surface area (Å²) in [5, 5.41) is 15.3. The molecular weight excluding hydrogens is 314 g/mol. The van der Waals surface area contributed by atoms with E-state index in [2.05, 4.69) is 10.4 Å². The molecule has 8 heteroatoms. The Bertz CT molecular complexity index is 773. The monoisotopic (exact) mass is 331 g/mol. The van der Waals surface area contributed by atoms with Crippen LogP contribution in [0.1, 0.15) is 16.1 Å². The molecule has 1 amide bonds. The minimum Gasteiger partial charge on any atom is -0.479 e. The van der Waals surface area contributed by atoms with Crippen molar-refractivity contribution in [3.05, 3.63) is 64.1 Å². The number of amides is 1. The molecule has 24 heavy (non-hydrogen) atoms. The first-order valence-electron chi connectivity index (χ1n) is 7.17. The van der Waals surface area contributed by atoms with Gasteiger partial charge in [-0.05, 0) is 11.6 Å². The van der Waals surface area contributed by atoms with Gasteiger partial charge in [-0.1, -0.05) is 30.3 Å². The Morgan fingerprint density at radius 3 is 2.58 bits per heavy atom. The molecule has 1 aromatic heterocycles. The molecule has 1 unspecified atom stereocenters. The molecule has 8 nitrogen and oxygen atoms in total. The van der Waals surface area contributed by atoms with Crippen molar-refractivity contribution in [3.8, 4) is 0 Å². The molecule has 0 spiro atoms. The normalized spacial score (nSPS) is 11.7. The van der Waals surface area contributed by atoms with Gasteiger partial charge in [0, 0.05) is 13.2 Å². The lowest BCUT2D eigenvalue weighted by molar-refractivity contribution is -0.148. The highest BCUT2D eigenvalue weighted by atomic mass is 16.5. The molecule has 2 N–H and O–H groups in total. The summed E-state index contributed by atoms with van der Waals surface area (Å²) in [4.78, 5) is 34.8. The average Bonchev–Trinajstić information content (AvgIpc) is 2.58. The van der Waals surface area contributed by atoms with E-state index in [4.69, 9.17) is 9.84 Å². The van der Waals surface area contributed by atoms with Crippen LogP contribution in [0.4, 0.5) is 0 Å². The molecule has 1 aromatic carbocycles. The van der Waals surface area contributed by atoms with Crippen LogP contribution in [0.15, 0.2) is 47.3 Å². The zero-order valence-electron chi connectivity index (χ0n) is 13.0. The Morgan fingerprint density at radius 2 is 1.96 bits per heavy atom. The predicted octanol–water partition coefficient (Wildman–Crippen LogP) is 0.121. The first-order chi connectivity index (χ1) is 11.5. The topological polar surface area (TPSA) is 111 Å². The van der Waals surface area contributed by atoms with Crippen molar-refractivity contribution in [2.24, 2.45) is 0 Å². The lowest BCUT2D eigenvalue weighted by atomic mass is 10.2. The van der Waals surface area contributed by atoms with Crippen LogP contribution in [0, 0.1) is 0 Å². The molecular formula is C16H17N3O5. The van der Waals surface area contributed by atoms with Gasteiger partial charge in [0.1, 0.15) is 5.69 Å². The standard InChI is InChI=1S/C16H17N3O5/c1-24-13(16(22)23)9-17-15(21)12-7-8-14(20)19(18-12)10-11-5-3-2-4-6-11/h2-8,13H,9-10H2,1H3,(H,17,21)(H,22,23). The van der Waals surface area contributed by atoms with E-state index in [1.807, 2.05) is 30.3 Å². The van der Waals surface area contributed by atoms with Gasteiger partial charge in [0.2, 0.25) is 0 Å². The van der Waals surface area contributed by atoms with Gasteiger partial charge in [-0.15, -0.1) is 0 Å². The SMILES string of the molecule is COC(CNC(=O)c1ccc(=O)n(Cc2ccccc2)n1)C(=O)O. The van der Waals surface area contributed by atoms with Crippen molar-refractivity contribution >= 4 is 11.9 Å². The van der Waals surface area contributed by atoms with E-state index in [-0.39, 0.29) is 24.3 Å². The Balaban J connectivity index is 2.11. The number of carbonyl (C=O) groups excluding carboxylic acids is 1. The summed E-state index contributed by atoms with van der Waals surface area (Å²) in [6.07, 6.45) is -1.15. The van der Waals surface area contributed by atoms with Crippen molar-refractivity contribution in [2.75, 3.05) is 13.7 Å². The largest absolute Gasteiger partial charge is 0.479 e. The van der Waals surface area contributed by atoms with E-state index in [1.54, 1.807) is 0 Å². The predicted molar refractivity (Wildman–Crippen MR) is 84.8 cm³/mol. The number of ether oxygens (including phenoxy) is 1. The summed E-state index contributed by atoms with van der Waals surface area (Å²) in [6, 6.07) is 11.8. The lowest BCUT2D eigenvalue weighted by Gasteiger charge is -2.12. The second-order valence-corrected chi connectivity index (χ2v) is 4.97. The molecule has 2 aromatic rings. The fourth-order valence-electron chi connectivity index (χ4n) is 1.99. The van der Waals surface area contributed by atoms with E-state index in [0.29, 0.717) is 0 Å². The van der Waals surface area contributed by atoms with E-state index in [1.165, 1.54) is 23.9 Å². The maximum absolute atomic E-state index is 12.1. The molecule has 0 radical (unpaired) electrons. The number of nitrogens with one attached hydrogen (secondary N) is 1. The third-order valence-corrected chi connectivity index (χ3v) is 3.28. The van der Waals surface area contributed by atoms with Crippen LogP contribution in [-0.2, 0) is 16.1 Å². The van der Waals surface area contributed by atoms with Crippen LogP contribution >= 0.6 is 0 Å². The number of nitrogens with zero attached hydrogens (tertiary/aromatic N) is 2. The number of carboxylic acid groups (broad SMARTS) is 1. The Hall–Kier alpha value is -3.00. The molecule has 0 bridgehead atoms. The van der Waals surface area contributed by atoms with Crippen LogP contribution in [-0.4, -0.2) is 46.5 Å². The fraction of sp³-hybridized carbons (Fsp3) is 0.250. The van der Waals surface area contributed by atoms with Crippen molar-refractivity contribution in [2.45, 2.75) is 12.6 Å². The molecule has 1 heterocycles. The maximum Gasteiger partial charge on any atom is 0.334 e. The second kappa shape index (κ2) is 8.02. The van der Waals surface area contributed by atoms with E-state index in [9.17, 15) is 14.4 Å².